The number of fused-ring (bicyclic) bond motifs is 2. The molecule has 2 N–H and O–H groups in total. The first-order valence-corrected chi connectivity index (χ1v) is 11.1. The number of likely N-dealkylation sites (tertiary alicyclic amines) is 1. The van der Waals surface area contributed by atoms with Gasteiger partial charge in [-0.25, -0.2) is 17.9 Å². The van der Waals surface area contributed by atoms with E-state index in [1.54, 1.807) is 0 Å². The van der Waals surface area contributed by atoms with Crippen LogP contribution in [-0.4, -0.2) is 57.9 Å². The Labute approximate surface area is 160 Å². The molecule has 0 radical (unpaired) electrons. The number of methoxy groups -OCH3 is 1. The van der Waals surface area contributed by atoms with E-state index < -0.39 is 27.4 Å². The van der Waals surface area contributed by atoms with Gasteiger partial charge in [0.2, 0.25) is 10.0 Å². The van der Waals surface area contributed by atoms with Gasteiger partial charge in [0.25, 0.3) is 0 Å². The largest absolute Gasteiger partial charge is 0.379 e. The number of sulfonamides is 1. The highest BCUT2D eigenvalue weighted by Crippen LogP contribution is 2.38. The summed E-state index contributed by atoms with van der Waals surface area (Å²) in [6, 6.07) is 1.61. The van der Waals surface area contributed by atoms with E-state index in [1.165, 1.54) is 29.4 Å². The molecule has 1 aromatic rings. The summed E-state index contributed by atoms with van der Waals surface area (Å²) in [6.07, 6.45) is 5.65. The lowest BCUT2D eigenvalue weighted by atomic mass is 9.99. The van der Waals surface area contributed by atoms with Crippen molar-refractivity contribution in [2.24, 2.45) is 0 Å². The molecule has 1 aliphatic heterocycles. The fourth-order valence-corrected chi connectivity index (χ4v) is 6.27. The van der Waals surface area contributed by atoms with Crippen LogP contribution in [0.15, 0.2) is 6.07 Å². The summed E-state index contributed by atoms with van der Waals surface area (Å²) in [5, 5.41) is 2.12. The molecule has 0 aromatic heterocycles. The number of urea groups is 1. The van der Waals surface area contributed by atoms with Crippen LogP contribution in [0.5, 0.6) is 0 Å². The SMILES string of the molecule is COC1CN(C)CC1S(=O)(=O)NC(=O)Nc1c2c(cc3c1CCC3)CCC2. The van der Waals surface area contributed by atoms with Crippen LogP contribution in [0, 0.1) is 0 Å². The zero-order valence-corrected chi connectivity index (χ0v) is 16.7. The number of carbonyl (C=O) groups excluding carboxylic acids is 1. The normalized spacial score (nSPS) is 24.7. The van der Waals surface area contributed by atoms with Crippen LogP contribution in [0.4, 0.5) is 10.5 Å². The van der Waals surface area contributed by atoms with Crippen molar-refractivity contribution in [3.05, 3.63) is 28.3 Å². The number of benzene rings is 1. The average molecular weight is 394 g/mol. The lowest BCUT2D eigenvalue weighted by Crippen LogP contribution is -2.46. The molecule has 0 saturated carbocycles. The van der Waals surface area contributed by atoms with E-state index in [1.807, 2.05) is 11.9 Å². The van der Waals surface area contributed by atoms with Crippen molar-refractivity contribution in [2.45, 2.75) is 49.9 Å². The van der Waals surface area contributed by atoms with Gasteiger partial charge in [-0.1, -0.05) is 6.07 Å². The zero-order chi connectivity index (χ0) is 19.2. The standard InChI is InChI=1S/C19H27N3O4S/c1-22-10-16(26-2)17(11-22)27(24,25)21-19(23)20-18-14-7-3-5-12(14)9-13-6-4-8-15(13)18/h9,16-17H,3-8,10-11H2,1-2H3,(H2,20,21,23). The van der Waals surface area contributed by atoms with Gasteiger partial charge in [-0.15, -0.1) is 0 Å². The highest BCUT2D eigenvalue weighted by molar-refractivity contribution is 7.90. The van der Waals surface area contributed by atoms with Gasteiger partial charge in [-0.05, 0) is 67.8 Å². The Hall–Kier alpha value is -1.64. The van der Waals surface area contributed by atoms with E-state index in [0.717, 1.165) is 44.2 Å². The highest BCUT2D eigenvalue weighted by Gasteiger charge is 2.41. The van der Waals surface area contributed by atoms with E-state index in [-0.39, 0.29) is 0 Å². The third kappa shape index (κ3) is 3.46. The lowest BCUT2D eigenvalue weighted by Gasteiger charge is -2.20. The number of rotatable bonds is 4. The quantitative estimate of drug-likeness (QED) is 0.808. The maximum atomic E-state index is 12.7. The van der Waals surface area contributed by atoms with Crippen LogP contribution in [0.1, 0.15) is 35.1 Å². The predicted molar refractivity (Wildman–Crippen MR) is 104 cm³/mol. The van der Waals surface area contributed by atoms with Crippen molar-refractivity contribution in [1.29, 1.82) is 0 Å². The number of anilines is 1. The van der Waals surface area contributed by atoms with Crippen LogP contribution >= 0.6 is 0 Å². The summed E-state index contributed by atoms with van der Waals surface area (Å²) in [5.41, 5.74) is 5.80. The summed E-state index contributed by atoms with van der Waals surface area (Å²) in [6.45, 7) is 0.876. The molecule has 2 aliphatic carbocycles. The van der Waals surface area contributed by atoms with Gasteiger partial charge >= 0.3 is 6.03 Å². The van der Waals surface area contributed by atoms with Crippen LogP contribution in [0.3, 0.4) is 0 Å². The van der Waals surface area contributed by atoms with Gasteiger partial charge in [0.15, 0.2) is 0 Å². The number of nitrogens with zero attached hydrogens (tertiary/aromatic N) is 1. The minimum absolute atomic E-state index is 0.344. The lowest BCUT2D eigenvalue weighted by molar-refractivity contribution is 0.112. The molecule has 8 heteroatoms. The molecule has 1 saturated heterocycles. The second-order valence-electron chi connectivity index (χ2n) is 7.87. The van der Waals surface area contributed by atoms with E-state index in [2.05, 4.69) is 16.1 Å². The molecular weight excluding hydrogens is 366 g/mol. The Morgan fingerprint density at radius 1 is 1.11 bits per heavy atom. The fourth-order valence-electron chi connectivity index (χ4n) is 4.76. The summed E-state index contributed by atoms with van der Waals surface area (Å²) in [5.74, 6) is 0. The molecule has 2 atom stereocenters. The van der Waals surface area contributed by atoms with Crippen molar-refractivity contribution >= 4 is 21.7 Å². The second-order valence-corrected chi connectivity index (χ2v) is 9.77. The van der Waals surface area contributed by atoms with Crippen LogP contribution in [-0.2, 0) is 40.4 Å². The Kier molecular flexibility index (Phi) is 4.90. The predicted octanol–water partition coefficient (Wildman–Crippen LogP) is 1.44. The number of ether oxygens (including phenoxy) is 1. The van der Waals surface area contributed by atoms with E-state index in [0.29, 0.717) is 13.1 Å². The molecule has 0 spiro atoms. The second kappa shape index (κ2) is 7.07. The van der Waals surface area contributed by atoms with Gasteiger partial charge in [-0.3, -0.25) is 0 Å². The molecular formula is C19H27N3O4S. The van der Waals surface area contributed by atoms with Crippen molar-refractivity contribution in [3.8, 4) is 0 Å². The summed E-state index contributed by atoms with van der Waals surface area (Å²) in [7, 11) is -0.482. The van der Waals surface area contributed by atoms with E-state index in [9.17, 15) is 13.2 Å². The molecule has 7 nitrogen and oxygen atoms in total. The van der Waals surface area contributed by atoms with Gasteiger partial charge in [0, 0.05) is 25.9 Å². The summed E-state index contributed by atoms with van der Waals surface area (Å²) >= 11 is 0. The Bertz CT molecular complexity index is 836. The number of hydrogen-bond acceptors (Lipinski definition) is 5. The number of nitrogens with one attached hydrogen (secondary N) is 2. The topological polar surface area (TPSA) is 87.7 Å². The smallest absolute Gasteiger partial charge is 0.332 e. The van der Waals surface area contributed by atoms with Crippen LogP contribution in [0.2, 0.25) is 0 Å². The molecule has 1 aromatic carbocycles. The molecule has 2 unspecified atom stereocenters. The van der Waals surface area contributed by atoms with Gasteiger partial charge in [0.05, 0.1) is 6.10 Å². The number of likely N-dealkylation sites (N-methyl/N-ethyl adjacent to an activating group) is 1. The third-order valence-corrected chi connectivity index (χ3v) is 7.77. The van der Waals surface area contributed by atoms with Crippen molar-refractivity contribution in [3.63, 3.8) is 0 Å². The minimum Gasteiger partial charge on any atom is -0.379 e. The van der Waals surface area contributed by atoms with Crippen molar-refractivity contribution < 1.29 is 17.9 Å². The van der Waals surface area contributed by atoms with Crippen LogP contribution < -0.4 is 10.0 Å². The van der Waals surface area contributed by atoms with Gasteiger partial charge < -0.3 is 15.0 Å². The van der Waals surface area contributed by atoms with E-state index >= 15 is 0 Å². The van der Waals surface area contributed by atoms with Crippen molar-refractivity contribution in [1.82, 2.24) is 9.62 Å². The fraction of sp³-hybridized carbons (Fsp3) is 0.632. The third-order valence-electron chi connectivity index (χ3n) is 6.05. The number of carbonyl (C=O) groups is 1. The van der Waals surface area contributed by atoms with Gasteiger partial charge in [0.1, 0.15) is 5.25 Å². The number of amides is 2. The molecule has 27 heavy (non-hydrogen) atoms. The monoisotopic (exact) mass is 393 g/mol. The van der Waals surface area contributed by atoms with Crippen LogP contribution in [0.25, 0.3) is 0 Å². The maximum Gasteiger partial charge on any atom is 0.332 e. The maximum absolute atomic E-state index is 12.7. The summed E-state index contributed by atoms with van der Waals surface area (Å²) in [4.78, 5) is 14.5. The first-order valence-electron chi connectivity index (χ1n) is 9.59. The number of aryl methyl sites for hydroxylation is 2. The molecule has 1 heterocycles. The molecule has 4 rings (SSSR count). The molecule has 148 valence electrons. The first-order chi connectivity index (χ1) is 12.9. The van der Waals surface area contributed by atoms with E-state index in [4.69, 9.17) is 4.74 Å². The zero-order valence-electron chi connectivity index (χ0n) is 15.9. The molecule has 2 amide bonds. The van der Waals surface area contributed by atoms with Gasteiger partial charge in [-0.2, -0.15) is 0 Å². The molecule has 1 fully saturated rings. The Morgan fingerprint density at radius 3 is 2.33 bits per heavy atom. The summed E-state index contributed by atoms with van der Waals surface area (Å²) < 4.78 is 33.0. The highest BCUT2D eigenvalue weighted by atomic mass is 32.2. The Balaban J connectivity index is 1.54. The number of hydrogen-bond donors (Lipinski definition) is 2. The Morgan fingerprint density at radius 2 is 1.74 bits per heavy atom. The average Bonchev–Trinajstić information content (AvgIpc) is 3.32. The minimum atomic E-state index is -3.83. The molecule has 3 aliphatic rings. The van der Waals surface area contributed by atoms with Crippen molar-refractivity contribution in [2.75, 3.05) is 32.6 Å². The first kappa shape index (κ1) is 18.7. The molecule has 0 bridgehead atoms.